The van der Waals surface area contributed by atoms with Gasteiger partial charge in [-0.1, -0.05) is 0 Å². The Morgan fingerprint density at radius 1 is 1.07 bits per heavy atom. The van der Waals surface area contributed by atoms with Crippen LogP contribution in [0.1, 0.15) is 5.56 Å². The first-order chi connectivity index (χ1) is 6.63. The fraction of sp³-hybridized carbons (Fsp3) is 0.455. The molecule has 0 amide bonds. The van der Waals surface area contributed by atoms with Crippen molar-refractivity contribution in [2.45, 2.75) is 11.8 Å². The van der Waals surface area contributed by atoms with Crippen molar-refractivity contribution in [2.75, 3.05) is 26.7 Å². The van der Waals surface area contributed by atoms with Gasteiger partial charge in [0, 0.05) is 0 Å². The van der Waals surface area contributed by atoms with Crippen LogP contribution in [0.4, 0.5) is 0 Å². The quantitative estimate of drug-likeness (QED) is 0.766. The Morgan fingerprint density at radius 2 is 1.53 bits per heavy atom. The third-order valence-corrected chi connectivity index (χ3v) is 5.16. The van der Waals surface area contributed by atoms with Crippen LogP contribution in [0, 0.1) is 6.92 Å². The van der Waals surface area contributed by atoms with Gasteiger partial charge < -0.3 is 0 Å². The maximum atomic E-state index is 11.9. The van der Waals surface area contributed by atoms with Gasteiger partial charge in [-0.15, -0.1) is 0 Å². The van der Waals surface area contributed by atoms with Crippen LogP contribution in [0.25, 0.3) is 0 Å². The molecular formula is C11H19O2PS. The SMILES string of the molecule is Cc1ccc(S(=O)OP(C)(C)(C)C)cc1. The second-order valence-corrected chi connectivity index (χ2v) is 13.9. The fourth-order valence-corrected chi connectivity index (χ4v) is 3.83. The molecule has 4 heteroatoms. The van der Waals surface area contributed by atoms with Crippen molar-refractivity contribution in [1.82, 2.24) is 0 Å². The van der Waals surface area contributed by atoms with E-state index >= 15 is 0 Å². The number of hydrogen-bond acceptors (Lipinski definition) is 2. The van der Waals surface area contributed by atoms with E-state index in [0.717, 1.165) is 10.5 Å². The van der Waals surface area contributed by atoms with Gasteiger partial charge in [-0.3, -0.25) is 0 Å². The number of aryl methyl sites for hydroxylation is 1. The molecule has 86 valence electrons. The minimum absolute atomic E-state index is 0.738. The number of hydrogen-bond donors (Lipinski definition) is 0. The molecule has 0 spiro atoms. The van der Waals surface area contributed by atoms with Crippen molar-refractivity contribution in [2.24, 2.45) is 0 Å². The molecular weight excluding hydrogens is 227 g/mol. The molecule has 1 aromatic carbocycles. The molecule has 1 atom stereocenters. The summed E-state index contributed by atoms with van der Waals surface area (Å²) in [6, 6.07) is 7.60. The second-order valence-electron chi connectivity index (χ2n) is 5.54. The van der Waals surface area contributed by atoms with Gasteiger partial charge in [0.2, 0.25) is 0 Å². The molecule has 0 radical (unpaired) electrons. The summed E-state index contributed by atoms with van der Waals surface area (Å²) in [5, 5.41) is 0. The molecule has 0 heterocycles. The summed E-state index contributed by atoms with van der Waals surface area (Å²) < 4.78 is 17.6. The van der Waals surface area contributed by atoms with Gasteiger partial charge in [0.05, 0.1) is 0 Å². The monoisotopic (exact) mass is 246 g/mol. The minimum atomic E-state index is -2.18. The van der Waals surface area contributed by atoms with Crippen molar-refractivity contribution in [1.29, 1.82) is 0 Å². The van der Waals surface area contributed by atoms with Crippen LogP contribution < -0.4 is 0 Å². The van der Waals surface area contributed by atoms with Gasteiger partial charge >= 0.3 is 94.4 Å². The van der Waals surface area contributed by atoms with Crippen LogP contribution in [0.15, 0.2) is 29.2 Å². The molecule has 15 heavy (non-hydrogen) atoms. The van der Waals surface area contributed by atoms with Gasteiger partial charge in [0.15, 0.2) is 0 Å². The first-order valence-corrected chi connectivity index (χ1v) is 9.85. The van der Waals surface area contributed by atoms with E-state index in [9.17, 15) is 4.21 Å². The Labute approximate surface area is 94.7 Å². The van der Waals surface area contributed by atoms with E-state index < -0.39 is 17.9 Å². The molecule has 1 rings (SSSR count). The zero-order chi connectivity index (χ0) is 11.7. The molecule has 1 unspecified atom stereocenters. The van der Waals surface area contributed by atoms with E-state index in [1.807, 2.05) is 57.8 Å². The molecule has 0 N–H and O–H groups in total. The van der Waals surface area contributed by atoms with Crippen LogP contribution in [0.5, 0.6) is 0 Å². The normalized spacial score (nSPS) is 16.7. The predicted octanol–water partition coefficient (Wildman–Crippen LogP) is 3.02. The van der Waals surface area contributed by atoms with E-state index in [4.69, 9.17) is 3.97 Å². The zero-order valence-corrected chi connectivity index (χ0v) is 11.7. The molecule has 0 aliphatic rings. The molecule has 0 saturated heterocycles. The van der Waals surface area contributed by atoms with E-state index in [-0.39, 0.29) is 0 Å². The summed E-state index contributed by atoms with van der Waals surface area (Å²) in [7, 11) is 0. The fourth-order valence-electron chi connectivity index (χ4n) is 0.963. The summed E-state index contributed by atoms with van der Waals surface area (Å²) >= 11 is -1.34. The van der Waals surface area contributed by atoms with E-state index in [1.54, 1.807) is 0 Å². The third kappa shape index (κ3) is 4.87. The average molecular weight is 246 g/mol. The summed E-state index contributed by atoms with van der Waals surface area (Å²) in [6.07, 6.45) is 0. The predicted molar refractivity (Wildman–Crippen MR) is 69.3 cm³/mol. The summed E-state index contributed by atoms with van der Waals surface area (Å²) in [6.45, 7) is 7.99. The van der Waals surface area contributed by atoms with Gasteiger partial charge in [0.1, 0.15) is 0 Å². The summed E-state index contributed by atoms with van der Waals surface area (Å²) in [4.78, 5) is 0.738. The van der Waals surface area contributed by atoms with Gasteiger partial charge in [-0.05, 0) is 0 Å². The number of benzene rings is 1. The summed E-state index contributed by atoms with van der Waals surface area (Å²) in [5.74, 6) is 0. The van der Waals surface area contributed by atoms with Crippen LogP contribution in [0.2, 0.25) is 0 Å². The van der Waals surface area contributed by atoms with Crippen molar-refractivity contribution in [3.63, 3.8) is 0 Å². The van der Waals surface area contributed by atoms with Gasteiger partial charge in [0.25, 0.3) is 0 Å². The molecule has 0 aliphatic carbocycles. The van der Waals surface area contributed by atoms with Crippen molar-refractivity contribution in [3.05, 3.63) is 29.8 Å². The Balaban J connectivity index is 2.84. The average Bonchev–Trinajstić information content (AvgIpc) is 2.00. The summed E-state index contributed by atoms with van der Waals surface area (Å²) in [5.41, 5.74) is 1.16. The van der Waals surface area contributed by atoms with Crippen LogP contribution in [-0.2, 0) is 15.1 Å². The molecule has 0 aliphatic heterocycles. The van der Waals surface area contributed by atoms with E-state index in [1.165, 1.54) is 0 Å². The van der Waals surface area contributed by atoms with Gasteiger partial charge in [-0.2, -0.15) is 0 Å². The maximum absolute atomic E-state index is 11.9. The van der Waals surface area contributed by atoms with Crippen molar-refractivity contribution in [3.8, 4) is 0 Å². The second kappa shape index (κ2) is 3.97. The Bertz CT molecular complexity index is 367. The molecule has 0 bridgehead atoms. The van der Waals surface area contributed by atoms with Crippen LogP contribution in [-0.4, -0.2) is 30.9 Å². The molecule has 1 aromatic rings. The molecule has 0 saturated carbocycles. The van der Waals surface area contributed by atoms with Crippen molar-refractivity contribution < 1.29 is 8.18 Å². The Hall–Kier alpha value is -0.240. The Kier molecular flexibility index (Phi) is 3.39. The van der Waals surface area contributed by atoms with E-state index in [0.29, 0.717) is 0 Å². The van der Waals surface area contributed by atoms with Crippen LogP contribution in [0.3, 0.4) is 0 Å². The molecule has 2 nitrogen and oxygen atoms in total. The standard InChI is InChI=1S/C11H19O2PS/c1-10-6-8-11(9-7-10)15(12)13-14(2,3,4)5/h6-9H,1-5H3. The zero-order valence-electron chi connectivity index (χ0n) is 9.98. The molecule has 0 aromatic heterocycles. The Morgan fingerprint density at radius 3 is 1.93 bits per heavy atom. The van der Waals surface area contributed by atoms with Gasteiger partial charge in [-0.25, -0.2) is 0 Å². The third-order valence-electron chi connectivity index (χ3n) is 1.58. The number of rotatable bonds is 3. The van der Waals surface area contributed by atoms with E-state index in [2.05, 4.69) is 0 Å². The molecule has 0 fully saturated rings. The first kappa shape index (κ1) is 12.8. The topological polar surface area (TPSA) is 26.3 Å². The van der Waals surface area contributed by atoms with Crippen molar-refractivity contribution >= 4 is 17.9 Å². The van der Waals surface area contributed by atoms with Crippen LogP contribution >= 0.6 is 6.83 Å². The first-order valence-electron chi connectivity index (χ1n) is 4.83.